The first-order chi connectivity index (χ1) is 5.42. The average molecular weight is 191 g/mol. The largest absolute Gasteiger partial charge is 0.322 e. The fourth-order valence-corrected chi connectivity index (χ4v) is 3.15. The maximum Gasteiger partial charge on any atom is 0.153 e. The Morgan fingerprint density at radius 1 is 1.58 bits per heavy atom. The monoisotopic (exact) mass is 191 g/mol. The molecule has 2 N–H and O–H groups in total. The summed E-state index contributed by atoms with van der Waals surface area (Å²) < 4.78 is 21.9. The average Bonchev–Trinajstić information content (AvgIpc) is 2.28. The Hall–Kier alpha value is -0.420. The molecule has 4 nitrogen and oxygen atoms in total. The molecule has 0 aromatic carbocycles. The number of nitrogens with two attached hydrogens (primary N) is 1. The van der Waals surface area contributed by atoms with Gasteiger partial charge in [-0.05, 0) is 13.3 Å². The van der Waals surface area contributed by atoms with Crippen molar-refractivity contribution in [2.75, 3.05) is 11.5 Å². The number of sulfone groups is 1. The molecule has 1 aliphatic heterocycles. The molecular weight excluding hydrogens is 178 g/mol. The van der Waals surface area contributed by atoms with E-state index in [2.05, 4.69) is 0 Å². The lowest BCUT2D eigenvalue weighted by molar-refractivity contribution is -0.123. The van der Waals surface area contributed by atoms with Crippen LogP contribution in [-0.2, 0) is 14.6 Å². The van der Waals surface area contributed by atoms with E-state index >= 15 is 0 Å². The van der Waals surface area contributed by atoms with E-state index in [1.165, 1.54) is 0 Å². The van der Waals surface area contributed by atoms with Gasteiger partial charge in [0.2, 0.25) is 0 Å². The smallest absolute Gasteiger partial charge is 0.153 e. The van der Waals surface area contributed by atoms with Crippen molar-refractivity contribution in [3.8, 4) is 0 Å². The van der Waals surface area contributed by atoms with Crippen LogP contribution in [0.2, 0.25) is 0 Å². The normalized spacial score (nSPS) is 30.0. The van der Waals surface area contributed by atoms with Crippen LogP contribution in [0.3, 0.4) is 0 Å². The van der Waals surface area contributed by atoms with Crippen molar-refractivity contribution >= 4 is 15.6 Å². The van der Waals surface area contributed by atoms with Crippen molar-refractivity contribution in [3.63, 3.8) is 0 Å². The number of hydrogen-bond acceptors (Lipinski definition) is 4. The summed E-state index contributed by atoms with van der Waals surface area (Å²) in [5.74, 6) is -0.352. The minimum Gasteiger partial charge on any atom is -0.322 e. The second-order valence-electron chi connectivity index (χ2n) is 3.29. The molecule has 0 bridgehead atoms. The van der Waals surface area contributed by atoms with E-state index in [4.69, 9.17) is 5.73 Å². The van der Waals surface area contributed by atoms with Crippen molar-refractivity contribution in [1.82, 2.24) is 0 Å². The van der Waals surface area contributed by atoms with Crippen LogP contribution in [0.1, 0.15) is 13.3 Å². The van der Waals surface area contributed by atoms with Gasteiger partial charge < -0.3 is 5.73 Å². The van der Waals surface area contributed by atoms with E-state index in [0.717, 1.165) is 0 Å². The molecule has 0 aromatic heterocycles. The maximum atomic E-state index is 11.2. The van der Waals surface area contributed by atoms with Gasteiger partial charge in [-0.2, -0.15) is 0 Å². The summed E-state index contributed by atoms with van der Waals surface area (Å²) in [6.07, 6.45) is 0.447. The lowest BCUT2D eigenvalue weighted by Gasteiger charge is -2.08. The summed E-state index contributed by atoms with van der Waals surface area (Å²) in [7, 11) is -2.95. The van der Waals surface area contributed by atoms with Crippen molar-refractivity contribution in [3.05, 3.63) is 0 Å². The van der Waals surface area contributed by atoms with Crippen LogP contribution >= 0.6 is 0 Å². The molecule has 1 rings (SSSR count). The first-order valence-electron chi connectivity index (χ1n) is 3.92. The van der Waals surface area contributed by atoms with Crippen molar-refractivity contribution in [1.29, 1.82) is 0 Å². The third kappa shape index (κ3) is 2.04. The summed E-state index contributed by atoms with van der Waals surface area (Å²) in [5.41, 5.74) is 5.36. The SMILES string of the molecule is CC(N)C(=O)C1CCS(=O)(=O)C1. The van der Waals surface area contributed by atoms with Gasteiger partial charge in [0.1, 0.15) is 0 Å². The van der Waals surface area contributed by atoms with Gasteiger partial charge >= 0.3 is 0 Å². The molecule has 1 fully saturated rings. The van der Waals surface area contributed by atoms with Crippen LogP contribution in [0, 0.1) is 5.92 Å². The summed E-state index contributed by atoms with van der Waals surface area (Å²) in [6.45, 7) is 1.59. The number of carbonyl (C=O) groups is 1. The maximum absolute atomic E-state index is 11.2. The van der Waals surface area contributed by atoms with Gasteiger partial charge in [-0.25, -0.2) is 8.42 Å². The van der Waals surface area contributed by atoms with Gasteiger partial charge in [0, 0.05) is 5.92 Å². The second-order valence-corrected chi connectivity index (χ2v) is 5.52. The second kappa shape index (κ2) is 3.14. The van der Waals surface area contributed by atoms with E-state index in [9.17, 15) is 13.2 Å². The summed E-state index contributed by atoms with van der Waals surface area (Å²) in [4.78, 5) is 11.2. The Morgan fingerprint density at radius 2 is 2.17 bits per heavy atom. The van der Waals surface area contributed by atoms with Gasteiger partial charge in [-0.15, -0.1) is 0 Å². The van der Waals surface area contributed by atoms with Gasteiger partial charge in [0.05, 0.1) is 17.5 Å². The minimum atomic E-state index is -2.95. The van der Waals surface area contributed by atoms with E-state index in [1.807, 2.05) is 0 Å². The van der Waals surface area contributed by atoms with Gasteiger partial charge in [-0.1, -0.05) is 0 Å². The lowest BCUT2D eigenvalue weighted by atomic mass is 9.99. The Kier molecular flexibility index (Phi) is 2.53. The molecule has 1 aliphatic rings. The molecule has 12 heavy (non-hydrogen) atoms. The Labute approximate surface area is 72.0 Å². The Balaban J connectivity index is 2.65. The highest BCUT2D eigenvalue weighted by Crippen LogP contribution is 2.19. The molecule has 0 spiro atoms. The molecule has 2 unspecified atom stereocenters. The molecule has 5 heteroatoms. The van der Waals surface area contributed by atoms with Gasteiger partial charge in [-0.3, -0.25) is 4.79 Å². The molecule has 0 radical (unpaired) electrons. The molecule has 1 heterocycles. The molecule has 0 aromatic rings. The van der Waals surface area contributed by atoms with Crippen LogP contribution in [0.15, 0.2) is 0 Å². The van der Waals surface area contributed by atoms with Crippen molar-refractivity contribution in [2.45, 2.75) is 19.4 Å². The highest BCUT2D eigenvalue weighted by atomic mass is 32.2. The van der Waals surface area contributed by atoms with Crippen LogP contribution in [0.25, 0.3) is 0 Å². The molecule has 1 saturated heterocycles. The summed E-state index contributed by atoms with van der Waals surface area (Å²) in [6, 6.07) is -0.539. The van der Waals surface area contributed by atoms with Crippen LogP contribution in [0.5, 0.6) is 0 Å². The zero-order valence-electron chi connectivity index (χ0n) is 6.99. The number of Topliss-reactive ketones (excluding diaryl/α,β-unsaturated/α-hetero) is 1. The van der Waals surface area contributed by atoms with Crippen LogP contribution in [-0.4, -0.2) is 31.7 Å². The fraction of sp³-hybridized carbons (Fsp3) is 0.857. The first-order valence-corrected chi connectivity index (χ1v) is 5.74. The number of hydrogen-bond donors (Lipinski definition) is 1. The standard InChI is InChI=1S/C7H13NO3S/c1-5(8)7(9)6-2-3-12(10,11)4-6/h5-6H,2-4,8H2,1H3. The minimum absolute atomic E-state index is 0.00657. The first kappa shape index (κ1) is 9.67. The zero-order valence-corrected chi connectivity index (χ0v) is 7.80. The topological polar surface area (TPSA) is 77.2 Å². The lowest BCUT2D eigenvalue weighted by Crippen LogP contribution is -2.33. The highest BCUT2D eigenvalue weighted by Gasteiger charge is 2.33. The number of rotatable bonds is 2. The van der Waals surface area contributed by atoms with Gasteiger partial charge in [0.15, 0.2) is 15.6 Å². The van der Waals surface area contributed by atoms with Gasteiger partial charge in [0.25, 0.3) is 0 Å². The molecule has 0 amide bonds. The van der Waals surface area contributed by atoms with Crippen molar-refractivity contribution < 1.29 is 13.2 Å². The van der Waals surface area contributed by atoms with E-state index in [0.29, 0.717) is 6.42 Å². The predicted octanol–water partition coefficient (Wildman–Crippen LogP) is -0.663. The van der Waals surface area contributed by atoms with E-state index in [-0.39, 0.29) is 23.2 Å². The Morgan fingerprint density at radius 3 is 2.50 bits per heavy atom. The summed E-state index contributed by atoms with van der Waals surface area (Å²) >= 11 is 0. The quantitative estimate of drug-likeness (QED) is 0.628. The third-order valence-electron chi connectivity index (χ3n) is 2.08. The predicted molar refractivity (Wildman–Crippen MR) is 45.4 cm³/mol. The summed E-state index contributed by atoms with van der Waals surface area (Å²) in [5, 5.41) is 0. The third-order valence-corrected chi connectivity index (χ3v) is 3.85. The number of carbonyl (C=O) groups excluding carboxylic acids is 1. The molecule has 70 valence electrons. The highest BCUT2D eigenvalue weighted by molar-refractivity contribution is 7.91. The molecular formula is C7H13NO3S. The van der Waals surface area contributed by atoms with Crippen molar-refractivity contribution in [2.24, 2.45) is 11.7 Å². The fourth-order valence-electron chi connectivity index (χ4n) is 1.39. The Bertz CT molecular complexity index is 281. The molecule has 0 aliphatic carbocycles. The number of ketones is 1. The molecule has 2 atom stereocenters. The van der Waals surface area contributed by atoms with Crippen LogP contribution in [0.4, 0.5) is 0 Å². The zero-order chi connectivity index (χ0) is 9.35. The molecule has 0 saturated carbocycles. The van der Waals surface area contributed by atoms with E-state index < -0.39 is 15.9 Å². The van der Waals surface area contributed by atoms with Crippen LogP contribution < -0.4 is 5.73 Å². The van der Waals surface area contributed by atoms with E-state index in [1.54, 1.807) is 6.92 Å².